The van der Waals surface area contributed by atoms with Gasteiger partial charge in [0.05, 0.1) is 24.4 Å². The van der Waals surface area contributed by atoms with Crippen molar-refractivity contribution >= 4 is 46.8 Å². The van der Waals surface area contributed by atoms with Crippen LogP contribution in [0.2, 0.25) is 0 Å². The van der Waals surface area contributed by atoms with Crippen molar-refractivity contribution in [2.75, 3.05) is 23.0 Å². The van der Waals surface area contributed by atoms with Crippen LogP contribution in [-0.2, 0) is 0 Å². The number of aliphatic hydroxyl groups excluding tert-OH is 4. The first-order valence-corrected chi connectivity index (χ1v) is 8.46. The van der Waals surface area contributed by atoms with E-state index in [0.29, 0.717) is 11.5 Å². The minimum absolute atomic E-state index is 0.279. The minimum atomic E-state index is -0.740. The average molecular weight is 306 g/mol. The molecule has 0 radical (unpaired) electrons. The van der Waals surface area contributed by atoms with Gasteiger partial charge >= 0.3 is 0 Å². The molecule has 1 heterocycles. The highest BCUT2D eigenvalue weighted by atomic mass is 33.1. The molecule has 0 aliphatic carbocycles. The maximum Gasteiger partial charge on any atom is 0.0906 e. The van der Waals surface area contributed by atoms with Gasteiger partial charge in [-0.05, 0) is 0 Å². The molecule has 0 aromatic carbocycles. The summed E-state index contributed by atoms with van der Waals surface area (Å²) in [6, 6.07) is 0. The Morgan fingerprint density at radius 2 is 1.25 bits per heavy atom. The summed E-state index contributed by atoms with van der Waals surface area (Å²) in [6.45, 7) is 0. The lowest BCUT2D eigenvalue weighted by Gasteiger charge is -2.20. The minimum Gasteiger partial charge on any atom is -0.390 e. The van der Waals surface area contributed by atoms with E-state index in [1.165, 1.54) is 0 Å². The van der Waals surface area contributed by atoms with Crippen LogP contribution in [0.1, 0.15) is 0 Å². The number of hydrogen-bond acceptors (Lipinski definition) is 8. The first-order valence-electron chi connectivity index (χ1n) is 4.71. The Bertz CT molecular complexity index is 152. The average Bonchev–Trinajstić information content (AvgIpc) is 2.31. The third-order valence-corrected chi connectivity index (χ3v) is 5.01. The zero-order valence-corrected chi connectivity index (χ0v) is 12.1. The van der Waals surface area contributed by atoms with Gasteiger partial charge in [-0.1, -0.05) is 21.6 Å². The fourth-order valence-corrected chi connectivity index (χ4v) is 3.52. The zero-order chi connectivity index (χ0) is 12.6. The molecule has 1 fully saturated rings. The molecule has 1 aliphatic rings. The van der Waals surface area contributed by atoms with Gasteiger partial charge in [0.25, 0.3) is 0 Å². The normalized spacial score (nSPS) is 28.9. The summed E-state index contributed by atoms with van der Waals surface area (Å²) >= 11 is 7.53. The van der Waals surface area contributed by atoms with Crippen molar-refractivity contribution in [1.82, 2.24) is 0 Å². The molecule has 1 saturated heterocycles. The fourth-order valence-electron chi connectivity index (χ4n) is 0.701. The van der Waals surface area contributed by atoms with Crippen molar-refractivity contribution in [3.05, 3.63) is 0 Å². The molecule has 0 spiro atoms. The van der Waals surface area contributed by atoms with E-state index in [1.54, 1.807) is 21.6 Å². The predicted molar refractivity (Wildman–Crippen MR) is 76.6 cm³/mol. The van der Waals surface area contributed by atoms with E-state index in [-0.39, 0.29) is 11.5 Å². The molecule has 4 nitrogen and oxygen atoms in total. The van der Waals surface area contributed by atoms with Gasteiger partial charge in [-0.15, -0.1) is 0 Å². The number of hydrogen-bond donors (Lipinski definition) is 6. The van der Waals surface area contributed by atoms with Gasteiger partial charge < -0.3 is 20.4 Å². The Hall–Kier alpha value is 1.24. The molecule has 98 valence electrons. The lowest BCUT2D eigenvalue weighted by Crippen LogP contribution is -2.32. The summed E-state index contributed by atoms with van der Waals surface area (Å²) in [4.78, 5) is 0. The lowest BCUT2D eigenvalue weighted by molar-refractivity contribution is 0.0493. The SMILES string of the molecule is O[C@@H]1CSSC[C@H]1O.O[C@H](CS)[C@H](O)CS. The molecule has 0 unspecified atom stereocenters. The van der Waals surface area contributed by atoms with E-state index < -0.39 is 24.4 Å². The first kappa shape index (κ1) is 17.2. The number of thiol groups is 2. The Labute approximate surface area is 114 Å². The van der Waals surface area contributed by atoms with Crippen molar-refractivity contribution in [3.63, 3.8) is 0 Å². The molecule has 0 bridgehead atoms. The second-order valence-electron chi connectivity index (χ2n) is 3.20. The molecule has 8 heteroatoms. The molecular weight excluding hydrogens is 288 g/mol. The van der Waals surface area contributed by atoms with E-state index in [0.717, 1.165) is 0 Å². The lowest BCUT2D eigenvalue weighted by atomic mass is 10.3. The largest absolute Gasteiger partial charge is 0.390 e. The van der Waals surface area contributed by atoms with Gasteiger partial charge in [-0.25, -0.2) is 0 Å². The Balaban J connectivity index is 0.000000281. The molecule has 4 atom stereocenters. The second-order valence-corrected chi connectivity index (χ2v) is 6.49. The molecule has 1 rings (SSSR count). The van der Waals surface area contributed by atoms with E-state index >= 15 is 0 Å². The third kappa shape index (κ3) is 7.54. The summed E-state index contributed by atoms with van der Waals surface area (Å²) < 4.78 is 0. The molecule has 0 saturated carbocycles. The molecule has 4 N–H and O–H groups in total. The van der Waals surface area contributed by atoms with Gasteiger partial charge in [-0.2, -0.15) is 25.3 Å². The van der Waals surface area contributed by atoms with Crippen LogP contribution in [0.15, 0.2) is 0 Å². The maximum absolute atomic E-state index is 8.89. The number of aliphatic hydroxyl groups is 4. The van der Waals surface area contributed by atoms with Crippen molar-refractivity contribution < 1.29 is 20.4 Å². The van der Waals surface area contributed by atoms with Crippen LogP contribution in [0, 0.1) is 0 Å². The maximum atomic E-state index is 8.89. The molecule has 1 aliphatic heterocycles. The summed E-state index contributed by atoms with van der Waals surface area (Å²) in [5, 5.41) is 35.3. The zero-order valence-electron chi connectivity index (χ0n) is 8.64. The highest BCUT2D eigenvalue weighted by Gasteiger charge is 2.20. The van der Waals surface area contributed by atoms with Crippen molar-refractivity contribution in [2.45, 2.75) is 24.4 Å². The van der Waals surface area contributed by atoms with Gasteiger partial charge in [-0.3, -0.25) is 0 Å². The first-order chi connectivity index (χ1) is 7.52. The van der Waals surface area contributed by atoms with Crippen LogP contribution < -0.4 is 0 Å². The number of rotatable bonds is 3. The predicted octanol–water partition coefficient (Wildman–Crippen LogP) is -0.329. The van der Waals surface area contributed by atoms with Gasteiger partial charge in [0.1, 0.15) is 0 Å². The topological polar surface area (TPSA) is 80.9 Å². The molecule has 16 heavy (non-hydrogen) atoms. The second kappa shape index (κ2) is 10.2. The summed E-state index contributed by atoms with van der Waals surface area (Å²) in [5.74, 6) is 1.88. The highest BCUT2D eigenvalue weighted by molar-refractivity contribution is 8.76. The van der Waals surface area contributed by atoms with Crippen LogP contribution in [0.25, 0.3) is 0 Å². The Morgan fingerprint density at radius 3 is 1.44 bits per heavy atom. The quantitative estimate of drug-likeness (QED) is 0.317. The van der Waals surface area contributed by atoms with Crippen LogP contribution in [0.5, 0.6) is 0 Å². The third-order valence-electron chi connectivity index (χ3n) is 1.82. The molecular formula is C8H18O4S4. The molecule has 0 aromatic rings. The van der Waals surface area contributed by atoms with Gasteiger partial charge in [0.15, 0.2) is 0 Å². The van der Waals surface area contributed by atoms with E-state index in [9.17, 15) is 0 Å². The monoisotopic (exact) mass is 306 g/mol. The van der Waals surface area contributed by atoms with Crippen LogP contribution in [0.3, 0.4) is 0 Å². The Kier molecular flexibility index (Phi) is 11.0. The van der Waals surface area contributed by atoms with Crippen molar-refractivity contribution in [1.29, 1.82) is 0 Å². The van der Waals surface area contributed by atoms with E-state index in [4.69, 9.17) is 20.4 Å². The standard InChI is InChI=1S/C4H8O2S2.C4H10O2S2/c5-3-1-7-8-2-4(3)6;5-3(1-7)4(6)2-8/h3-6H,1-2H2;3-8H,1-2H2/t2*3-,4-/m11/s1. The van der Waals surface area contributed by atoms with Crippen LogP contribution >= 0.6 is 46.8 Å². The van der Waals surface area contributed by atoms with E-state index in [1.807, 2.05) is 0 Å². The van der Waals surface area contributed by atoms with Crippen LogP contribution in [0.4, 0.5) is 0 Å². The van der Waals surface area contributed by atoms with Crippen LogP contribution in [-0.4, -0.2) is 67.9 Å². The molecule has 0 amide bonds. The molecule has 0 aromatic heterocycles. The summed E-state index contributed by atoms with van der Waals surface area (Å²) in [6.07, 6.45) is -2.48. The van der Waals surface area contributed by atoms with Gasteiger partial charge in [0, 0.05) is 23.0 Å². The smallest absolute Gasteiger partial charge is 0.0906 e. The van der Waals surface area contributed by atoms with Gasteiger partial charge in [0.2, 0.25) is 0 Å². The van der Waals surface area contributed by atoms with Crippen molar-refractivity contribution in [2.24, 2.45) is 0 Å². The summed E-state index contributed by atoms with van der Waals surface area (Å²) in [5.41, 5.74) is 0. The Morgan fingerprint density at radius 1 is 0.938 bits per heavy atom. The highest BCUT2D eigenvalue weighted by Crippen LogP contribution is 2.29. The fraction of sp³-hybridized carbons (Fsp3) is 1.00. The van der Waals surface area contributed by atoms with E-state index in [2.05, 4.69) is 25.3 Å². The summed E-state index contributed by atoms with van der Waals surface area (Å²) in [7, 11) is 3.23. The van der Waals surface area contributed by atoms with Crippen molar-refractivity contribution in [3.8, 4) is 0 Å².